The first kappa shape index (κ1) is 27.9. The Balaban J connectivity index is 1.56. The van der Waals surface area contributed by atoms with E-state index in [0.29, 0.717) is 29.9 Å². The van der Waals surface area contributed by atoms with Crippen LogP contribution in [-0.4, -0.2) is 66.8 Å². The molecule has 0 saturated carbocycles. The number of carbonyl (C=O) groups excluding carboxylic acids is 1. The second kappa shape index (κ2) is 11.3. The van der Waals surface area contributed by atoms with Gasteiger partial charge in [-0.15, -0.1) is 0 Å². The Kier molecular flexibility index (Phi) is 8.28. The quantitative estimate of drug-likeness (QED) is 0.541. The Morgan fingerprint density at radius 2 is 2.08 bits per heavy atom. The lowest BCUT2D eigenvalue weighted by atomic mass is 9.88. The van der Waals surface area contributed by atoms with Gasteiger partial charge in [-0.1, -0.05) is 19.9 Å². The number of halogens is 2. The van der Waals surface area contributed by atoms with Gasteiger partial charge in [0.2, 0.25) is 5.91 Å². The van der Waals surface area contributed by atoms with Gasteiger partial charge in [-0.3, -0.25) is 19.7 Å². The van der Waals surface area contributed by atoms with Gasteiger partial charge in [0.1, 0.15) is 11.6 Å². The van der Waals surface area contributed by atoms with Crippen molar-refractivity contribution in [3.05, 3.63) is 70.7 Å². The van der Waals surface area contributed by atoms with Crippen LogP contribution in [-0.2, 0) is 16.6 Å². The van der Waals surface area contributed by atoms with E-state index >= 15 is 0 Å². The minimum absolute atomic E-state index is 0.0153. The first-order valence-corrected chi connectivity index (χ1v) is 13.1. The zero-order valence-corrected chi connectivity index (χ0v) is 22.9. The zero-order chi connectivity index (χ0) is 27.6. The van der Waals surface area contributed by atoms with Gasteiger partial charge in [0, 0.05) is 92.0 Å². The SMILES string of the molecule is CN=C(C=C(C)N)C[C@H]1CN[C@H](C)CN1CC(=O)N1CC(C)(C)c2cnc(Cc3ccc(F)cc3F)cc21. The van der Waals surface area contributed by atoms with Gasteiger partial charge < -0.3 is 16.0 Å². The number of benzene rings is 1. The fourth-order valence-corrected chi connectivity index (χ4v) is 5.38. The maximum Gasteiger partial charge on any atom is 0.241 e. The number of nitrogens with two attached hydrogens (primary N) is 1. The summed E-state index contributed by atoms with van der Waals surface area (Å²) in [6, 6.07) is 5.80. The van der Waals surface area contributed by atoms with E-state index in [9.17, 15) is 13.6 Å². The molecule has 1 fully saturated rings. The summed E-state index contributed by atoms with van der Waals surface area (Å²) in [5.74, 6) is -1.20. The zero-order valence-electron chi connectivity index (χ0n) is 22.9. The minimum Gasteiger partial charge on any atom is -0.402 e. The monoisotopic (exact) mass is 524 g/mol. The Morgan fingerprint density at radius 1 is 1.32 bits per heavy atom. The van der Waals surface area contributed by atoms with Gasteiger partial charge >= 0.3 is 0 Å². The highest BCUT2D eigenvalue weighted by Crippen LogP contribution is 2.40. The summed E-state index contributed by atoms with van der Waals surface area (Å²) >= 11 is 0. The van der Waals surface area contributed by atoms with E-state index in [1.54, 1.807) is 13.2 Å². The van der Waals surface area contributed by atoms with Crippen molar-refractivity contribution in [3.63, 3.8) is 0 Å². The molecular formula is C29H38F2N6O. The predicted octanol–water partition coefficient (Wildman–Crippen LogP) is 3.56. The predicted molar refractivity (Wildman–Crippen MR) is 148 cm³/mol. The fraction of sp³-hybridized carbons (Fsp3) is 0.483. The van der Waals surface area contributed by atoms with E-state index in [4.69, 9.17) is 5.73 Å². The topological polar surface area (TPSA) is 86.8 Å². The average Bonchev–Trinajstić information content (AvgIpc) is 3.12. The van der Waals surface area contributed by atoms with Crippen LogP contribution in [0.2, 0.25) is 0 Å². The third-order valence-electron chi connectivity index (χ3n) is 7.39. The van der Waals surface area contributed by atoms with Gasteiger partial charge in [-0.2, -0.15) is 0 Å². The maximum atomic E-state index is 14.3. The lowest BCUT2D eigenvalue weighted by molar-refractivity contribution is -0.120. The first-order valence-electron chi connectivity index (χ1n) is 13.1. The number of aromatic nitrogens is 1. The Hall–Kier alpha value is -3.17. The van der Waals surface area contributed by atoms with Crippen LogP contribution in [0.4, 0.5) is 14.5 Å². The van der Waals surface area contributed by atoms with Crippen molar-refractivity contribution in [2.45, 2.75) is 58.0 Å². The molecule has 0 radical (unpaired) electrons. The molecule has 7 nitrogen and oxygen atoms in total. The van der Waals surface area contributed by atoms with Crippen LogP contribution in [0.15, 0.2) is 47.2 Å². The molecule has 204 valence electrons. The van der Waals surface area contributed by atoms with Crippen molar-refractivity contribution >= 4 is 17.3 Å². The molecule has 3 heterocycles. The molecule has 2 aliphatic heterocycles. The van der Waals surface area contributed by atoms with Crippen molar-refractivity contribution in [1.29, 1.82) is 0 Å². The number of carbonyl (C=O) groups is 1. The summed E-state index contributed by atoms with van der Waals surface area (Å²) in [6.45, 7) is 10.5. The number of hydrogen-bond acceptors (Lipinski definition) is 6. The van der Waals surface area contributed by atoms with Crippen molar-refractivity contribution < 1.29 is 13.6 Å². The fourth-order valence-electron chi connectivity index (χ4n) is 5.38. The molecule has 2 aromatic rings. The van der Waals surface area contributed by atoms with Crippen LogP contribution in [0.5, 0.6) is 0 Å². The van der Waals surface area contributed by atoms with Crippen molar-refractivity contribution in [1.82, 2.24) is 15.2 Å². The summed E-state index contributed by atoms with van der Waals surface area (Å²) in [6.07, 6.45) is 4.58. The lowest BCUT2D eigenvalue weighted by Crippen LogP contribution is -2.58. The van der Waals surface area contributed by atoms with E-state index in [0.717, 1.165) is 36.1 Å². The van der Waals surface area contributed by atoms with E-state index in [-0.39, 0.29) is 36.4 Å². The van der Waals surface area contributed by atoms with Crippen molar-refractivity contribution in [3.8, 4) is 0 Å². The molecular weight excluding hydrogens is 486 g/mol. The third kappa shape index (κ3) is 6.27. The van der Waals surface area contributed by atoms with Gasteiger partial charge in [-0.05, 0) is 37.6 Å². The van der Waals surface area contributed by atoms with E-state index in [1.165, 1.54) is 12.1 Å². The highest BCUT2D eigenvalue weighted by molar-refractivity contribution is 5.98. The number of hydrogen-bond donors (Lipinski definition) is 2. The van der Waals surface area contributed by atoms with Crippen molar-refractivity contribution in [2.75, 3.05) is 38.1 Å². The third-order valence-corrected chi connectivity index (χ3v) is 7.39. The van der Waals surface area contributed by atoms with Crippen LogP contribution >= 0.6 is 0 Å². The average molecular weight is 525 g/mol. The number of nitrogens with one attached hydrogen (secondary N) is 1. The number of pyridine rings is 1. The molecule has 1 aromatic carbocycles. The smallest absolute Gasteiger partial charge is 0.241 e. The molecule has 4 rings (SSSR count). The van der Waals surface area contributed by atoms with Crippen LogP contribution in [0.3, 0.4) is 0 Å². The molecule has 1 saturated heterocycles. The summed E-state index contributed by atoms with van der Waals surface area (Å²) in [5.41, 5.74) is 10.0. The molecule has 2 aliphatic rings. The first-order chi connectivity index (χ1) is 18.0. The second-order valence-corrected chi connectivity index (χ2v) is 11.2. The number of fused-ring (bicyclic) bond motifs is 1. The van der Waals surface area contributed by atoms with Crippen LogP contribution in [0, 0.1) is 11.6 Å². The van der Waals surface area contributed by atoms with Gasteiger partial charge in [0.25, 0.3) is 0 Å². The highest BCUT2D eigenvalue weighted by atomic mass is 19.1. The number of allylic oxidation sites excluding steroid dienone is 2. The number of amides is 1. The second-order valence-electron chi connectivity index (χ2n) is 11.2. The Labute approximate surface area is 223 Å². The number of rotatable bonds is 7. The number of piperazine rings is 1. The standard InChI is InChI=1S/C29H38F2N6O/c1-18(32)8-22(33-5)11-24-13-34-19(2)15-36(24)16-28(38)37-17-29(3,4)25-14-35-23(12-27(25)37)9-20-6-7-21(30)10-26(20)31/h6-8,10,12,14,19,24,34H,9,11,13,15-17,32H2,1-5H3/t19-,24+/m1/s1. The van der Waals surface area contributed by atoms with E-state index in [2.05, 4.69) is 41.0 Å². The molecule has 2 atom stereocenters. The van der Waals surface area contributed by atoms with Crippen LogP contribution < -0.4 is 16.0 Å². The van der Waals surface area contributed by atoms with Crippen molar-refractivity contribution in [2.24, 2.45) is 10.7 Å². The maximum absolute atomic E-state index is 14.3. The van der Waals surface area contributed by atoms with Gasteiger partial charge in [0.15, 0.2) is 0 Å². The summed E-state index contributed by atoms with van der Waals surface area (Å²) in [5, 5.41) is 3.52. The molecule has 9 heteroatoms. The molecule has 0 bridgehead atoms. The lowest BCUT2D eigenvalue weighted by Gasteiger charge is -2.39. The summed E-state index contributed by atoms with van der Waals surface area (Å²) in [4.78, 5) is 26.8. The number of aliphatic imine (C=N–C) groups is 1. The highest BCUT2D eigenvalue weighted by Gasteiger charge is 2.40. The number of anilines is 1. The summed E-state index contributed by atoms with van der Waals surface area (Å²) < 4.78 is 27.6. The molecule has 3 N–H and O–H groups in total. The normalized spacial score (nSPS) is 22.0. The van der Waals surface area contributed by atoms with Crippen LogP contribution in [0.25, 0.3) is 0 Å². The van der Waals surface area contributed by atoms with Gasteiger partial charge in [-0.25, -0.2) is 8.78 Å². The molecule has 1 aromatic heterocycles. The Bertz CT molecular complexity index is 1250. The molecule has 1 amide bonds. The van der Waals surface area contributed by atoms with E-state index in [1.807, 2.05) is 24.0 Å². The molecule has 0 unspecified atom stereocenters. The van der Waals surface area contributed by atoms with Gasteiger partial charge in [0.05, 0.1) is 12.2 Å². The molecule has 0 aliphatic carbocycles. The van der Waals surface area contributed by atoms with Crippen LogP contribution in [0.1, 0.15) is 50.9 Å². The molecule has 0 spiro atoms. The summed E-state index contributed by atoms with van der Waals surface area (Å²) in [7, 11) is 1.76. The number of nitrogens with zero attached hydrogens (tertiary/aromatic N) is 4. The largest absolute Gasteiger partial charge is 0.402 e. The van der Waals surface area contributed by atoms with E-state index < -0.39 is 11.6 Å². The minimum atomic E-state index is -0.612. The molecule has 38 heavy (non-hydrogen) atoms. The Morgan fingerprint density at radius 3 is 2.76 bits per heavy atom.